The Bertz CT molecular complexity index is 839. The molecule has 0 radical (unpaired) electrons. The summed E-state index contributed by atoms with van der Waals surface area (Å²) in [6.45, 7) is 5.28. The Morgan fingerprint density at radius 3 is 2.48 bits per heavy atom. The number of piperazine rings is 1. The van der Waals surface area contributed by atoms with Crippen LogP contribution in [0.4, 0.5) is 11.4 Å². The second-order valence-corrected chi connectivity index (χ2v) is 8.44. The van der Waals surface area contributed by atoms with Crippen LogP contribution in [-0.2, 0) is 0 Å². The molecule has 2 heterocycles. The van der Waals surface area contributed by atoms with Gasteiger partial charge in [0, 0.05) is 53.7 Å². The van der Waals surface area contributed by atoms with Gasteiger partial charge in [-0.3, -0.25) is 0 Å². The van der Waals surface area contributed by atoms with Crippen molar-refractivity contribution in [2.24, 2.45) is 0 Å². The van der Waals surface area contributed by atoms with Crippen LogP contribution in [0.1, 0.15) is 5.56 Å². The minimum Gasteiger partial charge on any atom is -0.368 e. The van der Waals surface area contributed by atoms with Crippen LogP contribution in [0.3, 0.4) is 0 Å². The lowest BCUT2D eigenvalue weighted by Crippen LogP contribution is -2.44. The van der Waals surface area contributed by atoms with E-state index in [2.05, 4.69) is 75.8 Å². The van der Waals surface area contributed by atoms with Gasteiger partial charge in [-0.15, -0.1) is 0 Å². The molecule has 2 aliphatic rings. The van der Waals surface area contributed by atoms with Crippen molar-refractivity contribution in [3.05, 3.63) is 75.6 Å². The highest BCUT2D eigenvalue weighted by Gasteiger charge is 2.17. The summed E-state index contributed by atoms with van der Waals surface area (Å²) < 4.78 is 0. The first-order chi connectivity index (χ1) is 13.2. The number of benzene rings is 2. The van der Waals surface area contributed by atoms with Gasteiger partial charge in [0.2, 0.25) is 0 Å². The zero-order chi connectivity index (χ0) is 18.6. The fraction of sp³-hybridized carbons (Fsp3) is 0.273. The highest BCUT2D eigenvalue weighted by molar-refractivity contribution is 8.06. The molecule has 1 saturated heterocycles. The lowest BCUT2D eigenvalue weighted by atomic mass is 10.1. The lowest BCUT2D eigenvalue weighted by Gasteiger charge is -2.35. The number of halogens is 1. The summed E-state index contributed by atoms with van der Waals surface area (Å²) in [5.74, 6) is 0. The van der Waals surface area contributed by atoms with E-state index < -0.39 is 0 Å². The third kappa shape index (κ3) is 4.52. The molecule has 0 spiro atoms. The smallest absolute Gasteiger partial charge is 0.0538 e. The van der Waals surface area contributed by atoms with Crippen LogP contribution in [0.25, 0.3) is 6.08 Å². The third-order valence-corrected chi connectivity index (χ3v) is 6.10. The minimum atomic E-state index is 0.769. The molecule has 0 N–H and O–H groups in total. The normalized spacial score (nSPS) is 19.7. The second-order valence-electron chi connectivity index (χ2n) is 6.97. The number of anilines is 2. The Balaban J connectivity index is 1.55. The molecule has 5 heteroatoms. The molecule has 1 fully saturated rings. The predicted octanol–water partition coefficient (Wildman–Crippen LogP) is 5.16. The van der Waals surface area contributed by atoms with Gasteiger partial charge in [0.25, 0.3) is 0 Å². The van der Waals surface area contributed by atoms with Crippen LogP contribution in [0.2, 0.25) is 5.02 Å². The maximum atomic E-state index is 6.03. The minimum absolute atomic E-state index is 0.769. The maximum Gasteiger partial charge on any atom is 0.0538 e. The molecule has 0 saturated carbocycles. The molecule has 2 aliphatic heterocycles. The van der Waals surface area contributed by atoms with Gasteiger partial charge in [-0.05, 0) is 54.4 Å². The molecule has 2 aromatic rings. The van der Waals surface area contributed by atoms with Crippen LogP contribution < -0.4 is 9.80 Å². The molecular formula is C22H24ClN3S. The molecule has 0 aliphatic carbocycles. The van der Waals surface area contributed by atoms with Crippen LogP contribution in [-0.4, -0.2) is 44.7 Å². The largest absolute Gasteiger partial charge is 0.368 e. The number of hydrogen-bond acceptors (Lipinski definition) is 4. The summed E-state index contributed by atoms with van der Waals surface area (Å²) >= 11 is 7.83. The van der Waals surface area contributed by atoms with Crippen molar-refractivity contribution in [3.63, 3.8) is 0 Å². The van der Waals surface area contributed by atoms with Crippen molar-refractivity contribution in [2.45, 2.75) is 0 Å². The zero-order valence-electron chi connectivity index (χ0n) is 15.5. The van der Waals surface area contributed by atoms with E-state index in [0.717, 1.165) is 43.4 Å². The summed E-state index contributed by atoms with van der Waals surface area (Å²) in [5, 5.41) is 2.92. The van der Waals surface area contributed by atoms with E-state index in [1.54, 1.807) is 11.8 Å². The fourth-order valence-corrected chi connectivity index (χ4v) is 4.37. The number of rotatable bonds is 3. The number of para-hydroxylation sites is 1. The van der Waals surface area contributed by atoms with E-state index >= 15 is 0 Å². The van der Waals surface area contributed by atoms with Crippen LogP contribution in [0.5, 0.6) is 0 Å². The highest BCUT2D eigenvalue weighted by Crippen LogP contribution is 2.32. The van der Waals surface area contributed by atoms with E-state index in [1.165, 1.54) is 16.2 Å². The highest BCUT2D eigenvalue weighted by atomic mass is 35.5. The van der Waals surface area contributed by atoms with Crippen molar-refractivity contribution in [1.29, 1.82) is 0 Å². The quantitative estimate of drug-likeness (QED) is 0.707. The van der Waals surface area contributed by atoms with E-state index in [9.17, 15) is 0 Å². The van der Waals surface area contributed by atoms with Crippen LogP contribution in [0.15, 0.2) is 65.0 Å². The van der Waals surface area contributed by atoms with Crippen molar-refractivity contribution in [2.75, 3.05) is 49.6 Å². The maximum absolute atomic E-state index is 6.03. The molecule has 3 nitrogen and oxygen atoms in total. The van der Waals surface area contributed by atoms with E-state index in [4.69, 9.17) is 11.6 Å². The van der Waals surface area contributed by atoms with Gasteiger partial charge in [0.05, 0.1) is 6.54 Å². The number of nitrogens with zero attached hydrogens (tertiary/aromatic N) is 3. The van der Waals surface area contributed by atoms with Crippen LogP contribution in [0, 0.1) is 0 Å². The van der Waals surface area contributed by atoms with Gasteiger partial charge in [-0.1, -0.05) is 41.6 Å². The standard InChI is InChI=1S/C22H24ClN3S/c1-24-10-12-25(13-11-24)22-5-3-2-4-18(22)16-21-17-26(14-15-27-21)20-8-6-19(23)7-9-20/h2-9,14-16H,10-13,17H2,1H3. The second kappa shape index (κ2) is 8.42. The molecule has 0 aromatic heterocycles. The number of thioether (sulfide) groups is 1. The third-order valence-electron chi connectivity index (χ3n) is 5.04. The topological polar surface area (TPSA) is 9.72 Å². The average Bonchev–Trinajstić information content (AvgIpc) is 2.70. The van der Waals surface area contributed by atoms with Gasteiger partial charge < -0.3 is 14.7 Å². The zero-order valence-corrected chi connectivity index (χ0v) is 17.1. The monoisotopic (exact) mass is 397 g/mol. The van der Waals surface area contributed by atoms with E-state index in [-0.39, 0.29) is 0 Å². The van der Waals surface area contributed by atoms with E-state index in [0.29, 0.717) is 0 Å². The Kier molecular flexibility index (Phi) is 5.77. The molecule has 140 valence electrons. The first-order valence-corrected chi connectivity index (χ1v) is 10.5. The van der Waals surface area contributed by atoms with Gasteiger partial charge in [-0.25, -0.2) is 0 Å². The molecule has 0 unspecified atom stereocenters. The average molecular weight is 398 g/mol. The predicted molar refractivity (Wildman–Crippen MR) is 120 cm³/mol. The Labute approximate surface area is 170 Å². The fourth-order valence-electron chi connectivity index (χ4n) is 3.46. The number of likely N-dealkylation sites (N-methyl/N-ethyl adjacent to an activating group) is 1. The summed E-state index contributed by atoms with van der Waals surface area (Å²) in [7, 11) is 2.20. The first-order valence-electron chi connectivity index (χ1n) is 9.28. The SMILES string of the molecule is CN1CCN(c2ccccc2C=C2CN(c3ccc(Cl)cc3)C=CS2)CC1. The van der Waals surface area contributed by atoms with Gasteiger partial charge >= 0.3 is 0 Å². The summed E-state index contributed by atoms with van der Waals surface area (Å²) in [6.07, 6.45) is 4.47. The molecule has 27 heavy (non-hydrogen) atoms. The van der Waals surface area contributed by atoms with Crippen molar-refractivity contribution in [3.8, 4) is 0 Å². The van der Waals surface area contributed by atoms with Gasteiger partial charge in [-0.2, -0.15) is 0 Å². The van der Waals surface area contributed by atoms with Gasteiger partial charge in [0.15, 0.2) is 0 Å². The van der Waals surface area contributed by atoms with Gasteiger partial charge in [0.1, 0.15) is 0 Å². The summed E-state index contributed by atoms with van der Waals surface area (Å²) in [6, 6.07) is 16.8. The first kappa shape index (κ1) is 18.5. The summed E-state index contributed by atoms with van der Waals surface area (Å²) in [4.78, 5) is 8.50. The molecule has 0 amide bonds. The Morgan fingerprint density at radius 2 is 1.70 bits per heavy atom. The summed E-state index contributed by atoms with van der Waals surface area (Å²) in [5.41, 5.74) is 3.80. The number of hydrogen-bond donors (Lipinski definition) is 0. The molecule has 0 atom stereocenters. The molecule has 0 bridgehead atoms. The molecular weight excluding hydrogens is 374 g/mol. The molecule has 2 aromatic carbocycles. The Morgan fingerprint density at radius 1 is 0.963 bits per heavy atom. The lowest BCUT2D eigenvalue weighted by molar-refractivity contribution is 0.313. The van der Waals surface area contributed by atoms with Crippen molar-refractivity contribution in [1.82, 2.24) is 4.90 Å². The Hall–Kier alpha value is -1.88. The van der Waals surface area contributed by atoms with Crippen LogP contribution >= 0.6 is 23.4 Å². The van der Waals surface area contributed by atoms with Crippen molar-refractivity contribution >= 4 is 40.8 Å². The van der Waals surface area contributed by atoms with E-state index in [1.807, 2.05) is 12.1 Å². The van der Waals surface area contributed by atoms with Crippen molar-refractivity contribution < 1.29 is 0 Å². The molecule has 4 rings (SSSR count).